The molecule has 0 radical (unpaired) electrons. The fraction of sp³-hybridized carbons (Fsp3) is 0.818. The van der Waals surface area contributed by atoms with E-state index in [1.54, 1.807) is 0 Å². The number of hydrogen-bond donors (Lipinski definition) is 1. The molecular formula is C11H19N5OS. The van der Waals surface area contributed by atoms with Crippen LogP contribution in [0, 0.1) is 0 Å². The number of carbonyl (C=O) groups is 1. The van der Waals surface area contributed by atoms with Gasteiger partial charge in [0.05, 0.1) is 11.8 Å². The van der Waals surface area contributed by atoms with Crippen LogP contribution in [0.5, 0.6) is 0 Å². The van der Waals surface area contributed by atoms with Crippen LogP contribution in [-0.4, -0.2) is 37.4 Å². The van der Waals surface area contributed by atoms with Gasteiger partial charge in [-0.05, 0) is 43.5 Å². The van der Waals surface area contributed by atoms with Gasteiger partial charge in [0, 0.05) is 5.54 Å². The van der Waals surface area contributed by atoms with Crippen LogP contribution in [0.3, 0.4) is 0 Å². The van der Waals surface area contributed by atoms with Crippen LogP contribution in [0.1, 0.15) is 46.1 Å². The van der Waals surface area contributed by atoms with E-state index in [2.05, 4.69) is 27.8 Å². The first-order valence-corrected chi connectivity index (χ1v) is 7.22. The van der Waals surface area contributed by atoms with Gasteiger partial charge in [0.1, 0.15) is 0 Å². The van der Waals surface area contributed by atoms with Gasteiger partial charge in [0.2, 0.25) is 11.1 Å². The topological polar surface area (TPSA) is 72.7 Å². The Hall–Kier alpha value is -1.11. The molecule has 1 aromatic heterocycles. The highest BCUT2D eigenvalue weighted by Crippen LogP contribution is 2.36. The molecular weight excluding hydrogens is 250 g/mol. The summed E-state index contributed by atoms with van der Waals surface area (Å²) in [5, 5.41) is 15.3. The van der Waals surface area contributed by atoms with Gasteiger partial charge < -0.3 is 5.32 Å². The van der Waals surface area contributed by atoms with Gasteiger partial charge in [-0.1, -0.05) is 18.7 Å². The third-order valence-corrected chi connectivity index (χ3v) is 3.98. The van der Waals surface area contributed by atoms with Gasteiger partial charge in [0.25, 0.3) is 0 Å². The summed E-state index contributed by atoms with van der Waals surface area (Å²) in [4.78, 5) is 11.8. The SMILES string of the molecule is CCC(C)(C)NC(=O)CSc1nnnn1C1CC1. The maximum atomic E-state index is 11.8. The molecule has 0 aliphatic heterocycles. The second kappa shape index (κ2) is 5.26. The number of rotatable bonds is 6. The van der Waals surface area contributed by atoms with Crippen molar-refractivity contribution < 1.29 is 4.79 Å². The number of aromatic nitrogens is 4. The monoisotopic (exact) mass is 269 g/mol. The molecule has 1 saturated carbocycles. The van der Waals surface area contributed by atoms with Gasteiger partial charge in [-0.3, -0.25) is 4.79 Å². The van der Waals surface area contributed by atoms with E-state index in [0.29, 0.717) is 11.8 Å². The van der Waals surface area contributed by atoms with Crippen molar-refractivity contribution in [3.63, 3.8) is 0 Å². The van der Waals surface area contributed by atoms with E-state index in [0.717, 1.165) is 24.4 Å². The minimum atomic E-state index is -0.153. The van der Waals surface area contributed by atoms with Crippen LogP contribution in [0.2, 0.25) is 0 Å². The maximum absolute atomic E-state index is 11.8. The lowest BCUT2D eigenvalue weighted by atomic mass is 10.0. The van der Waals surface area contributed by atoms with Crippen molar-refractivity contribution in [3.8, 4) is 0 Å². The van der Waals surface area contributed by atoms with Gasteiger partial charge >= 0.3 is 0 Å². The fourth-order valence-electron chi connectivity index (χ4n) is 1.46. The van der Waals surface area contributed by atoms with Gasteiger partial charge in [-0.15, -0.1) is 5.10 Å². The van der Waals surface area contributed by atoms with Crippen molar-refractivity contribution in [1.29, 1.82) is 0 Å². The van der Waals surface area contributed by atoms with Crippen molar-refractivity contribution in [2.45, 2.75) is 56.8 Å². The smallest absolute Gasteiger partial charge is 0.230 e. The summed E-state index contributed by atoms with van der Waals surface area (Å²) < 4.78 is 1.82. The molecule has 1 heterocycles. The molecule has 0 spiro atoms. The molecule has 2 rings (SSSR count). The van der Waals surface area contributed by atoms with Gasteiger partial charge in [-0.25, -0.2) is 4.68 Å². The zero-order valence-electron chi connectivity index (χ0n) is 11.0. The molecule has 0 saturated heterocycles. The number of nitrogens with zero attached hydrogens (tertiary/aromatic N) is 4. The first kappa shape index (κ1) is 13.3. The molecule has 0 unspecified atom stereocenters. The summed E-state index contributed by atoms with van der Waals surface area (Å²) in [5.41, 5.74) is -0.153. The maximum Gasteiger partial charge on any atom is 0.230 e. The second-order valence-corrected chi connectivity index (χ2v) is 6.15. The zero-order valence-corrected chi connectivity index (χ0v) is 11.8. The van der Waals surface area contributed by atoms with E-state index in [1.165, 1.54) is 11.8 Å². The minimum Gasteiger partial charge on any atom is -0.351 e. The number of thioether (sulfide) groups is 1. The molecule has 1 aliphatic rings. The lowest BCUT2D eigenvalue weighted by Gasteiger charge is -2.24. The van der Waals surface area contributed by atoms with E-state index < -0.39 is 0 Å². The van der Waals surface area contributed by atoms with Crippen LogP contribution in [0.4, 0.5) is 0 Å². The average Bonchev–Trinajstić information content (AvgIpc) is 3.05. The average molecular weight is 269 g/mol. The molecule has 18 heavy (non-hydrogen) atoms. The highest BCUT2D eigenvalue weighted by Gasteiger charge is 2.28. The van der Waals surface area contributed by atoms with Crippen LogP contribution >= 0.6 is 11.8 Å². The summed E-state index contributed by atoms with van der Waals surface area (Å²) in [7, 11) is 0. The van der Waals surface area contributed by atoms with Crippen LogP contribution in [-0.2, 0) is 4.79 Å². The second-order valence-electron chi connectivity index (χ2n) is 5.21. The van der Waals surface area contributed by atoms with E-state index in [9.17, 15) is 4.79 Å². The lowest BCUT2D eigenvalue weighted by molar-refractivity contribution is -0.120. The molecule has 7 heteroatoms. The highest BCUT2D eigenvalue weighted by molar-refractivity contribution is 7.99. The van der Waals surface area contributed by atoms with Crippen LogP contribution < -0.4 is 5.32 Å². The third kappa shape index (κ3) is 3.44. The summed E-state index contributed by atoms with van der Waals surface area (Å²) >= 11 is 1.40. The number of amides is 1. The van der Waals surface area contributed by atoms with Crippen LogP contribution in [0.25, 0.3) is 0 Å². The summed E-state index contributed by atoms with van der Waals surface area (Å²) in [6, 6.07) is 0.442. The molecule has 1 fully saturated rings. The van der Waals surface area contributed by atoms with Crippen molar-refractivity contribution in [2.24, 2.45) is 0 Å². The number of carbonyl (C=O) groups excluding carboxylic acids is 1. The van der Waals surface area contributed by atoms with Crippen molar-refractivity contribution in [2.75, 3.05) is 5.75 Å². The van der Waals surface area contributed by atoms with Crippen molar-refractivity contribution in [3.05, 3.63) is 0 Å². The summed E-state index contributed by atoms with van der Waals surface area (Å²) in [6.45, 7) is 6.09. The highest BCUT2D eigenvalue weighted by atomic mass is 32.2. The Kier molecular flexibility index (Phi) is 3.89. The normalized spacial score (nSPS) is 15.7. The molecule has 6 nitrogen and oxygen atoms in total. The molecule has 0 atom stereocenters. The Bertz CT molecular complexity index is 427. The minimum absolute atomic E-state index is 0.0252. The predicted octanol–water partition coefficient (Wildman–Crippen LogP) is 1.40. The Morgan fingerprint density at radius 1 is 1.56 bits per heavy atom. The quantitative estimate of drug-likeness (QED) is 0.790. The van der Waals surface area contributed by atoms with Crippen molar-refractivity contribution >= 4 is 17.7 Å². The number of nitrogens with one attached hydrogen (secondary N) is 1. The molecule has 1 aromatic rings. The number of tetrazole rings is 1. The fourth-order valence-corrected chi connectivity index (χ4v) is 2.21. The van der Waals surface area contributed by atoms with Gasteiger partial charge in [0.15, 0.2) is 0 Å². The summed E-state index contributed by atoms with van der Waals surface area (Å²) in [6.07, 6.45) is 3.17. The summed E-state index contributed by atoms with van der Waals surface area (Å²) in [5.74, 6) is 0.383. The zero-order chi connectivity index (χ0) is 13.2. The Labute approximate surface area is 111 Å². The standard InChI is InChI=1S/C11H19N5OS/c1-4-11(2,3)12-9(17)7-18-10-13-14-15-16(10)8-5-6-8/h8H,4-7H2,1-3H3,(H,12,17). The lowest BCUT2D eigenvalue weighted by Crippen LogP contribution is -2.43. The van der Waals surface area contributed by atoms with E-state index in [4.69, 9.17) is 0 Å². The largest absolute Gasteiger partial charge is 0.351 e. The first-order chi connectivity index (χ1) is 8.52. The molecule has 1 amide bonds. The predicted molar refractivity (Wildman–Crippen MR) is 69.3 cm³/mol. The Balaban J connectivity index is 1.84. The van der Waals surface area contributed by atoms with Crippen LogP contribution in [0.15, 0.2) is 5.16 Å². The van der Waals surface area contributed by atoms with Crippen molar-refractivity contribution in [1.82, 2.24) is 25.5 Å². The molecule has 1 aliphatic carbocycles. The molecule has 0 aromatic carbocycles. The molecule has 0 bridgehead atoms. The number of hydrogen-bond acceptors (Lipinski definition) is 5. The van der Waals surface area contributed by atoms with Gasteiger partial charge in [-0.2, -0.15) is 0 Å². The van der Waals surface area contributed by atoms with E-state index in [-0.39, 0.29) is 11.4 Å². The van der Waals surface area contributed by atoms with E-state index >= 15 is 0 Å². The Morgan fingerprint density at radius 3 is 2.89 bits per heavy atom. The Morgan fingerprint density at radius 2 is 2.28 bits per heavy atom. The van der Waals surface area contributed by atoms with E-state index in [1.807, 2.05) is 18.5 Å². The molecule has 1 N–H and O–H groups in total. The first-order valence-electron chi connectivity index (χ1n) is 6.23. The molecule has 100 valence electrons. The third-order valence-electron chi connectivity index (χ3n) is 3.05.